The second-order valence-corrected chi connectivity index (χ2v) is 8.32. The molecule has 2 heterocycles. The van der Waals surface area contributed by atoms with E-state index in [2.05, 4.69) is 20.6 Å². The first-order valence-electron chi connectivity index (χ1n) is 11.2. The Balaban J connectivity index is 1.36. The van der Waals surface area contributed by atoms with Gasteiger partial charge in [-0.3, -0.25) is 14.4 Å². The number of carbonyl (C=O) groups is 2. The highest BCUT2D eigenvalue weighted by molar-refractivity contribution is 5.94. The number of hydrogen-bond acceptors (Lipinski definition) is 5. The fourth-order valence-electron chi connectivity index (χ4n) is 3.89. The van der Waals surface area contributed by atoms with Crippen LogP contribution in [-0.4, -0.2) is 40.7 Å². The van der Waals surface area contributed by atoms with Crippen LogP contribution in [0.3, 0.4) is 0 Å². The van der Waals surface area contributed by atoms with Gasteiger partial charge in [0.1, 0.15) is 11.5 Å². The van der Waals surface area contributed by atoms with Gasteiger partial charge in [0, 0.05) is 43.0 Å². The summed E-state index contributed by atoms with van der Waals surface area (Å²) < 4.78 is 14.2. The zero-order chi connectivity index (χ0) is 24.1. The molecule has 0 saturated carbocycles. The summed E-state index contributed by atoms with van der Waals surface area (Å²) in [5.41, 5.74) is 1.69. The van der Waals surface area contributed by atoms with E-state index in [-0.39, 0.29) is 18.0 Å². The average molecular weight is 464 g/mol. The first-order valence-corrected chi connectivity index (χ1v) is 11.2. The number of halogens is 1. The van der Waals surface area contributed by atoms with Gasteiger partial charge in [0.05, 0.1) is 5.69 Å². The molecule has 1 aliphatic rings. The molecule has 8 nitrogen and oxygen atoms in total. The topological polar surface area (TPSA) is 96.3 Å². The molecule has 34 heavy (non-hydrogen) atoms. The van der Waals surface area contributed by atoms with Gasteiger partial charge in [-0.05, 0) is 68.3 Å². The fraction of sp³-hybridized carbons (Fsp3) is 0.280. The van der Waals surface area contributed by atoms with Gasteiger partial charge in [-0.1, -0.05) is 6.07 Å². The van der Waals surface area contributed by atoms with Gasteiger partial charge in [-0.2, -0.15) is 9.78 Å². The van der Waals surface area contributed by atoms with E-state index < -0.39 is 23.3 Å². The summed E-state index contributed by atoms with van der Waals surface area (Å²) in [5, 5.41) is 9.70. The van der Waals surface area contributed by atoms with Crippen LogP contribution in [0.4, 0.5) is 15.8 Å². The number of anilines is 2. The molecule has 0 aliphatic carbocycles. The molecule has 2 amide bonds. The number of benzene rings is 2. The Bertz CT molecular complexity index is 1240. The standard InChI is InChI=1S/C25H26FN5O3/c1-17(15-23(32)28-19-5-4-6-21(16-19)30-13-2-3-14-30)27-25(34)22-11-12-24(33)31(29-22)20-9-7-18(26)8-10-20/h4-12,16-17H,2-3,13-15H2,1H3,(H,27,34)(H,28,32). The monoisotopic (exact) mass is 463 g/mol. The lowest BCUT2D eigenvalue weighted by Crippen LogP contribution is -2.37. The van der Waals surface area contributed by atoms with Crippen molar-refractivity contribution < 1.29 is 14.0 Å². The van der Waals surface area contributed by atoms with Gasteiger partial charge in [-0.15, -0.1) is 0 Å². The van der Waals surface area contributed by atoms with E-state index in [1.807, 2.05) is 24.3 Å². The molecule has 1 saturated heterocycles. The summed E-state index contributed by atoms with van der Waals surface area (Å²) in [7, 11) is 0. The lowest BCUT2D eigenvalue weighted by Gasteiger charge is -2.19. The van der Waals surface area contributed by atoms with Crippen LogP contribution in [-0.2, 0) is 4.79 Å². The number of rotatable bonds is 7. The molecular formula is C25H26FN5O3. The van der Waals surface area contributed by atoms with Gasteiger partial charge in [0.15, 0.2) is 0 Å². The third-order valence-corrected chi connectivity index (χ3v) is 5.57. The molecular weight excluding hydrogens is 437 g/mol. The largest absolute Gasteiger partial charge is 0.371 e. The van der Waals surface area contributed by atoms with E-state index in [0.29, 0.717) is 11.4 Å². The second-order valence-electron chi connectivity index (χ2n) is 8.32. The predicted octanol–water partition coefficient (Wildman–Crippen LogP) is 3.12. The highest BCUT2D eigenvalue weighted by Gasteiger charge is 2.17. The van der Waals surface area contributed by atoms with Crippen molar-refractivity contribution in [1.29, 1.82) is 0 Å². The van der Waals surface area contributed by atoms with E-state index >= 15 is 0 Å². The maximum atomic E-state index is 13.2. The molecule has 0 bridgehead atoms. The van der Waals surface area contributed by atoms with Crippen LogP contribution in [0.1, 0.15) is 36.7 Å². The van der Waals surface area contributed by atoms with Crippen LogP contribution in [0.5, 0.6) is 0 Å². The number of hydrogen-bond donors (Lipinski definition) is 2. The summed E-state index contributed by atoms with van der Waals surface area (Å²) in [4.78, 5) is 39.6. The molecule has 0 spiro atoms. The minimum Gasteiger partial charge on any atom is -0.371 e. The Morgan fingerprint density at radius 1 is 1.03 bits per heavy atom. The lowest BCUT2D eigenvalue weighted by molar-refractivity contribution is -0.116. The average Bonchev–Trinajstić information content (AvgIpc) is 3.35. The Morgan fingerprint density at radius 3 is 2.50 bits per heavy atom. The molecule has 2 N–H and O–H groups in total. The SMILES string of the molecule is CC(CC(=O)Nc1cccc(N2CCCC2)c1)NC(=O)c1ccc(=O)n(-c2ccc(F)cc2)n1. The number of carbonyl (C=O) groups excluding carboxylic acids is 2. The Hall–Kier alpha value is -4.01. The molecule has 1 fully saturated rings. The molecule has 1 aromatic heterocycles. The zero-order valence-electron chi connectivity index (χ0n) is 18.8. The third kappa shape index (κ3) is 5.67. The highest BCUT2D eigenvalue weighted by Crippen LogP contribution is 2.23. The van der Waals surface area contributed by atoms with Crippen LogP contribution in [0, 0.1) is 5.82 Å². The van der Waals surface area contributed by atoms with E-state index in [1.54, 1.807) is 6.92 Å². The molecule has 9 heteroatoms. The smallest absolute Gasteiger partial charge is 0.271 e. The van der Waals surface area contributed by atoms with Crippen LogP contribution in [0.15, 0.2) is 65.5 Å². The molecule has 1 atom stereocenters. The summed E-state index contributed by atoms with van der Waals surface area (Å²) in [6.45, 7) is 3.75. The minimum atomic E-state index is -0.521. The number of amides is 2. The minimum absolute atomic E-state index is 0.00879. The van der Waals surface area contributed by atoms with Gasteiger partial charge in [0.25, 0.3) is 11.5 Å². The van der Waals surface area contributed by atoms with E-state index in [0.717, 1.165) is 23.5 Å². The van der Waals surface area contributed by atoms with E-state index in [4.69, 9.17) is 0 Å². The van der Waals surface area contributed by atoms with Crippen molar-refractivity contribution in [1.82, 2.24) is 15.1 Å². The maximum Gasteiger partial charge on any atom is 0.271 e. The first-order chi connectivity index (χ1) is 16.4. The number of nitrogens with zero attached hydrogens (tertiary/aromatic N) is 3. The molecule has 1 aliphatic heterocycles. The summed E-state index contributed by atoms with van der Waals surface area (Å²) in [6, 6.07) is 15.0. The predicted molar refractivity (Wildman–Crippen MR) is 128 cm³/mol. The van der Waals surface area contributed by atoms with Gasteiger partial charge < -0.3 is 15.5 Å². The maximum absolute atomic E-state index is 13.2. The molecule has 2 aromatic carbocycles. The first kappa shape index (κ1) is 23.2. The van der Waals surface area contributed by atoms with Crippen LogP contribution < -0.4 is 21.1 Å². The van der Waals surface area contributed by atoms with Crippen molar-refractivity contribution in [2.75, 3.05) is 23.3 Å². The molecule has 3 aromatic rings. The van der Waals surface area contributed by atoms with E-state index in [1.165, 1.54) is 49.2 Å². The van der Waals surface area contributed by atoms with Gasteiger partial charge >= 0.3 is 0 Å². The van der Waals surface area contributed by atoms with Crippen molar-refractivity contribution in [2.24, 2.45) is 0 Å². The normalized spacial score (nSPS) is 14.0. The van der Waals surface area contributed by atoms with Crippen molar-refractivity contribution in [3.63, 3.8) is 0 Å². The second kappa shape index (κ2) is 10.3. The quantitative estimate of drug-likeness (QED) is 0.561. The summed E-state index contributed by atoms with van der Waals surface area (Å²) >= 11 is 0. The number of nitrogens with one attached hydrogen (secondary N) is 2. The van der Waals surface area contributed by atoms with Crippen molar-refractivity contribution >= 4 is 23.2 Å². The van der Waals surface area contributed by atoms with Crippen LogP contribution in [0.2, 0.25) is 0 Å². The van der Waals surface area contributed by atoms with Crippen molar-refractivity contribution in [3.8, 4) is 5.69 Å². The molecule has 176 valence electrons. The number of aromatic nitrogens is 2. The molecule has 1 unspecified atom stereocenters. The fourth-order valence-corrected chi connectivity index (χ4v) is 3.89. The molecule has 4 rings (SSSR count). The van der Waals surface area contributed by atoms with Gasteiger partial charge in [0.2, 0.25) is 5.91 Å². The third-order valence-electron chi connectivity index (χ3n) is 5.57. The molecule has 0 radical (unpaired) electrons. The Morgan fingerprint density at radius 2 is 1.76 bits per heavy atom. The lowest BCUT2D eigenvalue weighted by atomic mass is 10.2. The van der Waals surface area contributed by atoms with E-state index in [9.17, 15) is 18.8 Å². The van der Waals surface area contributed by atoms with Crippen molar-refractivity contribution in [3.05, 3.63) is 82.5 Å². The summed E-state index contributed by atoms with van der Waals surface area (Å²) in [6.07, 6.45) is 2.41. The Kier molecular flexibility index (Phi) is 7.01. The zero-order valence-corrected chi connectivity index (χ0v) is 18.8. The summed E-state index contributed by atoms with van der Waals surface area (Å²) in [5.74, 6) is -1.19. The highest BCUT2D eigenvalue weighted by atomic mass is 19.1. The van der Waals surface area contributed by atoms with Crippen molar-refractivity contribution in [2.45, 2.75) is 32.2 Å². The Labute approximate surface area is 196 Å². The van der Waals surface area contributed by atoms with Crippen LogP contribution in [0.25, 0.3) is 5.69 Å². The van der Waals surface area contributed by atoms with Gasteiger partial charge in [-0.25, -0.2) is 4.39 Å². The van der Waals surface area contributed by atoms with Crippen LogP contribution >= 0.6 is 0 Å².